The molecule has 0 spiro atoms. The summed E-state index contributed by atoms with van der Waals surface area (Å²) in [6.45, 7) is 2.05. The summed E-state index contributed by atoms with van der Waals surface area (Å²) in [6.07, 6.45) is 2.12. The van der Waals surface area contributed by atoms with E-state index in [1.54, 1.807) is 12.3 Å². The third-order valence-corrected chi connectivity index (χ3v) is 4.33. The maximum absolute atomic E-state index is 14.8. The monoisotopic (exact) mass is 398 g/mol. The van der Waals surface area contributed by atoms with Crippen LogP contribution in [0.15, 0.2) is 35.6 Å². The maximum atomic E-state index is 14.8. The van der Waals surface area contributed by atoms with Gasteiger partial charge < -0.3 is 26.0 Å². The first-order valence-electron chi connectivity index (χ1n) is 8.73. The van der Waals surface area contributed by atoms with Crippen molar-refractivity contribution in [1.82, 2.24) is 9.97 Å². The van der Waals surface area contributed by atoms with Crippen LogP contribution in [0.3, 0.4) is 0 Å². The molecule has 150 valence electrons. The van der Waals surface area contributed by atoms with Crippen molar-refractivity contribution in [3.05, 3.63) is 47.7 Å². The van der Waals surface area contributed by atoms with E-state index in [1.807, 2.05) is 17.0 Å². The van der Waals surface area contributed by atoms with Gasteiger partial charge in [0.25, 0.3) is 0 Å². The molecule has 1 amide bonds. The van der Waals surface area contributed by atoms with E-state index in [0.717, 1.165) is 5.69 Å². The zero-order valence-corrected chi connectivity index (χ0v) is 15.5. The van der Waals surface area contributed by atoms with Gasteiger partial charge in [0.15, 0.2) is 17.6 Å². The number of hydrogen-bond donors (Lipinski definition) is 2. The Bertz CT molecular complexity index is 945. The Morgan fingerprint density at radius 2 is 1.93 bits per heavy atom. The molecule has 3 rings (SSSR count). The van der Waals surface area contributed by atoms with Crippen molar-refractivity contribution >= 4 is 23.6 Å². The fourth-order valence-electron chi connectivity index (χ4n) is 2.90. The number of carbonyl (C=O) groups excluding carboxylic acids is 1. The lowest BCUT2D eigenvalue weighted by Crippen LogP contribution is -2.47. The van der Waals surface area contributed by atoms with Crippen LogP contribution < -0.4 is 21.3 Å². The molecule has 3 heterocycles. The topological polar surface area (TPSA) is 147 Å². The van der Waals surface area contributed by atoms with E-state index in [9.17, 15) is 9.18 Å². The first-order valence-corrected chi connectivity index (χ1v) is 8.73. The molecule has 0 saturated carbocycles. The minimum absolute atomic E-state index is 0.174. The molecule has 2 aromatic heterocycles. The number of amides is 1. The number of rotatable bonds is 4. The van der Waals surface area contributed by atoms with Gasteiger partial charge in [-0.15, -0.1) is 4.99 Å². The summed E-state index contributed by atoms with van der Waals surface area (Å²) in [5.74, 6) is -0.794. The maximum Gasteiger partial charge on any atom is 0.437 e. The van der Waals surface area contributed by atoms with Crippen LogP contribution in [0.1, 0.15) is 11.3 Å². The van der Waals surface area contributed by atoms with Gasteiger partial charge in [0.05, 0.1) is 11.9 Å². The standard InChI is InChI=1S/C18H19FN8O2/c19-15-12(11-29-18(28)25-17(21)22)3-4-23-16(15)27-7-5-26(6-8-27)14-2-1-13(9-20)24-10-14/h1-4,10H,5-8,11H2,(H4,21,22,25,28). The van der Waals surface area contributed by atoms with Gasteiger partial charge in [0.1, 0.15) is 18.4 Å². The van der Waals surface area contributed by atoms with Crippen LogP contribution in [0.25, 0.3) is 0 Å². The molecule has 0 radical (unpaired) electrons. The fourth-order valence-corrected chi connectivity index (χ4v) is 2.90. The Hall–Kier alpha value is -3.94. The second kappa shape index (κ2) is 8.83. The summed E-state index contributed by atoms with van der Waals surface area (Å²) in [7, 11) is 0. The lowest BCUT2D eigenvalue weighted by Gasteiger charge is -2.36. The summed E-state index contributed by atoms with van der Waals surface area (Å²) < 4.78 is 19.7. The number of guanidine groups is 1. The van der Waals surface area contributed by atoms with Crippen molar-refractivity contribution in [3.8, 4) is 6.07 Å². The smallest absolute Gasteiger partial charge is 0.437 e. The van der Waals surface area contributed by atoms with Crippen molar-refractivity contribution in [1.29, 1.82) is 5.26 Å². The van der Waals surface area contributed by atoms with Crippen molar-refractivity contribution in [3.63, 3.8) is 0 Å². The summed E-state index contributed by atoms with van der Waals surface area (Å²) in [4.78, 5) is 26.7. The van der Waals surface area contributed by atoms with Gasteiger partial charge >= 0.3 is 6.09 Å². The van der Waals surface area contributed by atoms with E-state index in [2.05, 4.69) is 19.9 Å². The normalized spacial score (nSPS) is 13.5. The van der Waals surface area contributed by atoms with Gasteiger partial charge in [-0.05, 0) is 18.2 Å². The molecule has 2 aromatic rings. The number of ether oxygens (including phenoxy) is 1. The molecule has 0 aliphatic carbocycles. The highest BCUT2D eigenvalue weighted by atomic mass is 19.1. The van der Waals surface area contributed by atoms with Crippen LogP contribution in [0.2, 0.25) is 0 Å². The molecule has 11 heteroatoms. The SMILES string of the molecule is N#Cc1ccc(N2CCN(c3nccc(COC(=O)N=C(N)N)c3F)CC2)cn1. The van der Waals surface area contributed by atoms with Crippen molar-refractivity contribution in [2.75, 3.05) is 36.0 Å². The van der Waals surface area contributed by atoms with E-state index in [4.69, 9.17) is 21.5 Å². The molecule has 0 unspecified atom stereocenters. The van der Waals surface area contributed by atoms with Gasteiger partial charge in [-0.25, -0.2) is 19.2 Å². The summed E-state index contributed by atoms with van der Waals surface area (Å²) >= 11 is 0. The van der Waals surface area contributed by atoms with E-state index < -0.39 is 17.9 Å². The number of aliphatic imine (C=N–C) groups is 1. The highest BCUT2D eigenvalue weighted by Crippen LogP contribution is 2.23. The molecule has 4 N–H and O–H groups in total. The zero-order chi connectivity index (χ0) is 20.8. The Labute approximate surface area is 166 Å². The predicted octanol–water partition coefficient (Wildman–Crippen LogP) is 0.724. The van der Waals surface area contributed by atoms with Crippen LogP contribution in [-0.2, 0) is 11.3 Å². The van der Waals surface area contributed by atoms with Gasteiger partial charge in [-0.2, -0.15) is 5.26 Å². The molecule has 10 nitrogen and oxygen atoms in total. The van der Waals surface area contributed by atoms with Crippen LogP contribution >= 0.6 is 0 Å². The molecule has 29 heavy (non-hydrogen) atoms. The number of nitrogens with two attached hydrogens (primary N) is 2. The Kier molecular flexibility index (Phi) is 6.03. The molecule has 0 bridgehead atoms. The molecule has 1 aliphatic rings. The molecule has 0 aromatic carbocycles. The number of pyridine rings is 2. The number of carbonyl (C=O) groups is 1. The van der Waals surface area contributed by atoms with Crippen LogP contribution in [0, 0.1) is 17.1 Å². The predicted molar refractivity (Wildman–Crippen MR) is 104 cm³/mol. The average Bonchev–Trinajstić information content (AvgIpc) is 2.73. The molecule has 0 atom stereocenters. The Morgan fingerprint density at radius 1 is 1.21 bits per heavy atom. The first kappa shape index (κ1) is 19.8. The molecular weight excluding hydrogens is 379 g/mol. The first-order chi connectivity index (χ1) is 14.0. The lowest BCUT2D eigenvalue weighted by molar-refractivity contribution is 0.149. The summed E-state index contributed by atoms with van der Waals surface area (Å²) in [6, 6.07) is 6.92. The quantitative estimate of drug-likeness (QED) is 0.561. The number of hydrogen-bond acceptors (Lipinski definition) is 7. The van der Waals surface area contributed by atoms with E-state index in [0.29, 0.717) is 31.9 Å². The lowest BCUT2D eigenvalue weighted by atomic mass is 10.2. The fraction of sp³-hybridized carbons (Fsp3) is 0.278. The minimum Gasteiger partial charge on any atom is -0.443 e. The number of nitrogens with zero attached hydrogens (tertiary/aromatic N) is 6. The second-order valence-electron chi connectivity index (χ2n) is 6.19. The number of halogens is 1. The van der Waals surface area contributed by atoms with Gasteiger partial charge in [-0.3, -0.25) is 0 Å². The largest absolute Gasteiger partial charge is 0.443 e. The Morgan fingerprint density at radius 3 is 2.55 bits per heavy atom. The third kappa shape index (κ3) is 4.86. The van der Waals surface area contributed by atoms with Gasteiger partial charge in [0.2, 0.25) is 0 Å². The Balaban J connectivity index is 1.63. The average molecular weight is 398 g/mol. The number of piperazine rings is 1. The van der Waals surface area contributed by atoms with E-state index in [1.165, 1.54) is 12.3 Å². The van der Waals surface area contributed by atoms with E-state index >= 15 is 0 Å². The third-order valence-electron chi connectivity index (χ3n) is 4.33. The summed E-state index contributed by atoms with van der Waals surface area (Å²) in [5.41, 5.74) is 11.6. The van der Waals surface area contributed by atoms with Crippen LogP contribution in [-0.4, -0.2) is 48.2 Å². The zero-order valence-electron chi connectivity index (χ0n) is 15.5. The van der Waals surface area contributed by atoms with Gasteiger partial charge in [-0.1, -0.05) is 0 Å². The minimum atomic E-state index is -0.993. The second-order valence-corrected chi connectivity index (χ2v) is 6.19. The van der Waals surface area contributed by atoms with Gasteiger partial charge in [0, 0.05) is 37.9 Å². The highest BCUT2D eigenvalue weighted by Gasteiger charge is 2.22. The van der Waals surface area contributed by atoms with Crippen molar-refractivity contribution in [2.24, 2.45) is 16.5 Å². The highest BCUT2D eigenvalue weighted by molar-refractivity contribution is 5.87. The van der Waals surface area contributed by atoms with E-state index in [-0.39, 0.29) is 18.0 Å². The van der Waals surface area contributed by atoms with Crippen LogP contribution in [0.5, 0.6) is 0 Å². The number of anilines is 2. The molecule has 1 saturated heterocycles. The van der Waals surface area contributed by atoms with Crippen molar-refractivity contribution in [2.45, 2.75) is 6.61 Å². The summed E-state index contributed by atoms with van der Waals surface area (Å²) in [5, 5.41) is 8.83. The van der Waals surface area contributed by atoms with Crippen LogP contribution in [0.4, 0.5) is 20.7 Å². The molecular formula is C18H19FN8O2. The van der Waals surface area contributed by atoms with Crippen molar-refractivity contribution < 1.29 is 13.9 Å². The molecule has 1 fully saturated rings. The number of aromatic nitrogens is 2. The molecule has 1 aliphatic heterocycles. The number of nitriles is 1.